The van der Waals surface area contributed by atoms with Gasteiger partial charge in [-0.05, 0) is 40.2 Å². The molecule has 0 aromatic heterocycles. The number of nitrogens with zero attached hydrogens (tertiary/aromatic N) is 3. The molecule has 1 N–H and O–H groups in total. The smallest absolute Gasteiger partial charge is 0.418 e. The van der Waals surface area contributed by atoms with E-state index in [1.165, 1.54) is 6.07 Å². The van der Waals surface area contributed by atoms with Crippen molar-refractivity contribution >= 4 is 61.2 Å². The van der Waals surface area contributed by atoms with Crippen LogP contribution in [0.25, 0.3) is 0 Å². The summed E-state index contributed by atoms with van der Waals surface area (Å²) in [5.41, 5.74) is 0.901. The van der Waals surface area contributed by atoms with E-state index in [0.717, 1.165) is 11.6 Å². The minimum absolute atomic E-state index is 0.144. The third-order valence-corrected chi connectivity index (χ3v) is 7.30. The van der Waals surface area contributed by atoms with E-state index in [2.05, 4.69) is 26.4 Å². The number of benzodiazepines with no additional fused rings is 1. The molecule has 218 valence electrons. The molecule has 0 radical (unpaired) electrons. The summed E-state index contributed by atoms with van der Waals surface area (Å²) in [6.07, 6.45) is -5.16. The summed E-state index contributed by atoms with van der Waals surface area (Å²) in [7, 11) is 0. The van der Waals surface area contributed by atoms with Crippen LogP contribution in [0.3, 0.4) is 0 Å². The number of oxime groups is 1. The highest BCUT2D eigenvalue weighted by Crippen LogP contribution is 2.36. The van der Waals surface area contributed by atoms with Crippen molar-refractivity contribution in [2.45, 2.75) is 31.2 Å². The molecule has 2 aliphatic heterocycles. The van der Waals surface area contributed by atoms with Gasteiger partial charge >= 0.3 is 12.3 Å². The first-order chi connectivity index (χ1) is 20.1. The van der Waals surface area contributed by atoms with Crippen LogP contribution >= 0.6 is 27.5 Å². The van der Waals surface area contributed by atoms with Crippen LogP contribution in [0.5, 0.6) is 0 Å². The normalized spacial score (nSPS) is 18.4. The van der Waals surface area contributed by atoms with E-state index in [-0.39, 0.29) is 17.7 Å². The van der Waals surface area contributed by atoms with Crippen LogP contribution in [0.15, 0.2) is 82.9 Å². The summed E-state index contributed by atoms with van der Waals surface area (Å²) < 4.78 is 46.4. The maximum atomic E-state index is 13.9. The minimum Gasteiger partial charge on any atom is -0.446 e. The lowest BCUT2D eigenvalue weighted by atomic mass is 10.00. The second kappa shape index (κ2) is 12.5. The molecule has 0 saturated heterocycles. The fourth-order valence-corrected chi connectivity index (χ4v) is 5.25. The summed E-state index contributed by atoms with van der Waals surface area (Å²) >= 11 is 9.04. The van der Waals surface area contributed by atoms with Crippen LogP contribution in [0.4, 0.5) is 29.3 Å². The van der Waals surface area contributed by atoms with Gasteiger partial charge in [0.2, 0.25) is 0 Å². The zero-order valence-corrected chi connectivity index (χ0v) is 24.1. The van der Waals surface area contributed by atoms with Crippen LogP contribution in [-0.2, 0) is 20.5 Å². The molecular weight excluding hydrogens is 641 g/mol. The number of hydrogen-bond donors (Lipinski definition) is 1. The zero-order valence-electron chi connectivity index (χ0n) is 21.8. The lowest BCUT2D eigenvalue weighted by molar-refractivity contribution is -0.136. The number of rotatable bonds is 7. The molecular formula is C29H23BrClF3N4O4. The second-order valence-electron chi connectivity index (χ2n) is 9.47. The molecule has 0 saturated carbocycles. The Morgan fingerprint density at radius 1 is 1.12 bits per heavy atom. The van der Waals surface area contributed by atoms with Crippen molar-refractivity contribution in [1.29, 1.82) is 0 Å². The molecule has 42 heavy (non-hydrogen) atoms. The van der Waals surface area contributed by atoms with Gasteiger partial charge in [0.25, 0.3) is 5.91 Å². The van der Waals surface area contributed by atoms with Gasteiger partial charge in [-0.25, -0.2) is 4.79 Å². The summed E-state index contributed by atoms with van der Waals surface area (Å²) in [5, 5.41) is 5.87. The number of carbonyl (C=O) groups excluding carboxylic acids is 2. The van der Waals surface area contributed by atoms with Crippen molar-refractivity contribution in [3.8, 4) is 0 Å². The summed E-state index contributed by atoms with van der Waals surface area (Å²) in [6.45, 7) is -0.259. The Bertz CT molecular complexity index is 1550. The standard InChI is InChI=1S/C29H23BrClF3N4O4/c30-25-15-19(42-37-25)12-13-38-24-9-5-4-8-20(24)26(17-6-2-1-3-7-17)35-23(27(38)39)16-41-28(40)36-22-11-10-18(31)14-21(22)29(32,33)34/h1-11,14,19,23H,12-13,15-16H2,(H,36,40)/t19-,23-/m1/s1. The van der Waals surface area contributed by atoms with Gasteiger partial charge in [-0.15, -0.1) is 0 Å². The molecule has 8 nitrogen and oxygen atoms in total. The molecule has 0 fully saturated rings. The number of benzene rings is 3. The van der Waals surface area contributed by atoms with E-state index in [1.54, 1.807) is 4.90 Å². The SMILES string of the molecule is O=C(Nc1ccc(Cl)cc1C(F)(F)F)OC[C@H]1N=C(c2ccccc2)c2ccccc2N(CC[C@@H]2CC(Br)=NO2)C1=O. The third-order valence-electron chi connectivity index (χ3n) is 6.60. The molecule has 2 atom stereocenters. The molecule has 5 rings (SSSR count). The number of anilines is 2. The first-order valence-electron chi connectivity index (χ1n) is 12.8. The van der Waals surface area contributed by atoms with Crippen molar-refractivity contribution in [2.75, 3.05) is 23.4 Å². The molecule has 2 heterocycles. The number of carbonyl (C=O) groups is 2. The predicted molar refractivity (Wildman–Crippen MR) is 157 cm³/mol. The number of ether oxygens (including phenoxy) is 1. The van der Waals surface area contributed by atoms with E-state index in [4.69, 9.17) is 26.2 Å². The first-order valence-corrected chi connectivity index (χ1v) is 14.0. The minimum atomic E-state index is -4.77. The topological polar surface area (TPSA) is 92.6 Å². The lowest BCUT2D eigenvalue weighted by Crippen LogP contribution is -2.42. The number of hydrogen-bond acceptors (Lipinski definition) is 6. The average Bonchev–Trinajstić information content (AvgIpc) is 3.34. The van der Waals surface area contributed by atoms with Crippen molar-refractivity contribution in [3.05, 3.63) is 94.5 Å². The molecule has 2 aliphatic rings. The van der Waals surface area contributed by atoms with E-state index >= 15 is 0 Å². The van der Waals surface area contributed by atoms with Crippen molar-refractivity contribution in [3.63, 3.8) is 0 Å². The molecule has 13 heteroatoms. The second-order valence-corrected chi connectivity index (χ2v) is 10.8. The van der Waals surface area contributed by atoms with Gasteiger partial charge in [-0.3, -0.25) is 15.1 Å². The number of amides is 2. The average molecular weight is 664 g/mol. The molecule has 0 unspecified atom stereocenters. The number of para-hydroxylation sites is 1. The monoisotopic (exact) mass is 662 g/mol. The molecule has 3 aromatic carbocycles. The Labute approximate surface area is 252 Å². The third kappa shape index (κ3) is 6.76. The maximum absolute atomic E-state index is 13.9. The Morgan fingerprint density at radius 3 is 2.57 bits per heavy atom. The van der Waals surface area contributed by atoms with Gasteiger partial charge in [0.1, 0.15) is 17.3 Å². The van der Waals surface area contributed by atoms with Crippen LogP contribution in [0.2, 0.25) is 5.02 Å². The fraction of sp³-hybridized carbons (Fsp3) is 0.241. The molecule has 0 spiro atoms. The lowest BCUT2D eigenvalue weighted by Gasteiger charge is -2.26. The maximum Gasteiger partial charge on any atom is 0.418 e. The number of nitrogens with one attached hydrogen (secondary N) is 1. The Kier molecular flexibility index (Phi) is 8.83. The number of alkyl halides is 3. The number of fused-ring (bicyclic) bond motifs is 1. The van der Waals surface area contributed by atoms with E-state index in [0.29, 0.717) is 40.5 Å². The molecule has 3 aromatic rings. The number of halogens is 5. The summed E-state index contributed by atoms with van der Waals surface area (Å²) in [4.78, 5) is 38.3. The Hall–Kier alpha value is -3.90. The van der Waals surface area contributed by atoms with Gasteiger partial charge in [0, 0.05) is 35.5 Å². The van der Waals surface area contributed by atoms with Crippen molar-refractivity contribution in [2.24, 2.45) is 10.1 Å². The largest absolute Gasteiger partial charge is 0.446 e. The van der Waals surface area contributed by atoms with Gasteiger partial charge in [0.05, 0.1) is 22.6 Å². The van der Waals surface area contributed by atoms with Crippen LogP contribution in [-0.4, -0.2) is 47.6 Å². The highest BCUT2D eigenvalue weighted by Gasteiger charge is 2.36. The highest BCUT2D eigenvalue weighted by molar-refractivity contribution is 9.18. The highest BCUT2D eigenvalue weighted by atomic mass is 79.9. The molecule has 2 amide bonds. The quantitative estimate of drug-likeness (QED) is 0.293. The fourth-order valence-electron chi connectivity index (χ4n) is 4.64. The molecule has 0 aliphatic carbocycles. The summed E-state index contributed by atoms with van der Waals surface area (Å²) in [6, 6.07) is 18.3. The number of aliphatic imine (C=N–C) groups is 1. The Balaban J connectivity index is 1.41. The van der Waals surface area contributed by atoms with E-state index in [9.17, 15) is 22.8 Å². The van der Waals surface area contributed by atoms with Gasteiger partial charge < -0.3 is 14.5 Å². The molecule has 0 bridgehead atoms. The van der Waals surface area contributed by atoms with E-state index < -0.39 is 42.1 Å². The van der Waals surface area contributed by atoms with Gasteiger partial charge in [0.15, 0.2) is 6.04 Å². The van der Waals surface area contributed by atoms with Gasteiger partial charge in [-0.2, -0.15) is 13.2 Å². The van der Waals surface area contributed by atoms with Crippen molar-refractivity contribution in [1.82, 2.24) is 0 Å². The van der Waals surface area contributed by atoms with Crippen LogP contribution in [0.1, 0.15) is 29.5 Å². The zero-order chi connectivity index (χ0) is 29.9. The first kappa shape index (κ1) is 29.6. The van der Waals surface area contributed by atoms with Crippen LogP contribution < -0.4 is 10.2 Å². The predicted octanol–water partition coefficient (Wildman–Crippen LogP) is 7.05. The Morgan fingerprint density at radius 2 is 1.86 bits per heavy atom. The van der Waals surface area contributed by atoms with Crippen molar-refractivity contribution < 1.29 is 32.3 Å². The summed E-state index contributed by atoms with van der Waals surface area (Å²) in [5.74, 6) is -0.443. The van der Waals surface area contributed by atoms with E-state index in [1.807, 2.05) is 54.6 Å². The van der Waals surface area contributed by atoms with Crippen LogP contribution in [0, 0.1) is 0 Å². The van der Waals surface area contributed by atoms with Gasteiger partial charge in [-0.1, -0.05) is 65.3 Å².